The lowest BCUT2D eigenvalue weighted by atomic mass is 9.98. The molecule has 0 aromatic carbocycles. The summed E-state index contributed by atoms with van der Waals surface area (Å²) in [6.45, 7) is 1.23. The van der Waals surface area contributed by atoms with E-state index in [-0.39, 0.29) is 29.9 Å². The molecule has 2 fully saturated rings. The molecular weight excluding hydrogens is 319 g/mol. The standard InChI is InChI=1S/C14H16F3N3O.ClH/c15-14(16,17)12-4-2-8(5-19-12)13(21)20-6-9-1-3-11(18)10(9)7-20;/h2,4-5,9-11H,1,3,6-7,18H2;1H. The number of nitrogens with zero attached hydrogens (tertiary/aromatic N) is 2. The van der Waals surface area contributed by atoms with E-state index in [4.69, 9.17) is 5.73 Å². The molecule has 1 aromatic rings. The third-order valence-electron chi connectivity index (χ3n) is 4.50. The molecule has 3 rings (SSSR count). The average molecular weight is 336 g/mol. The lowest BCUT2D eigenvalue weighted by molar-refractivity contribution is -0.141. The number of hydrogen-bond donors (Lipinski definition) is 1. The molecule has 3 atom stereocenters. The molecule has 3 unspecified atom stereocenters. The minimum absolute atomic E-state index is 0. The number of alkyl halides is 3. The summed E-state index contributed by atoms with van der Waals surface area (Å²) in [5.74, 6) is 0.473. The SMILES string of the molecule is Cl.NC1CCC2CN(C(=O)c3ccc(C(F)(F)F)nc3)CC12. The third kappa shape index (κ3) is 3.05. The van der Waals surface area contributed by atoms with Crippen LogP contribution < -0.4 is 5.73 Å². The number of carbonyl (C=O) groups is 1. The van der Waals surface area contributed by atoms with Gasteiger partial charge in [0.1, 0.15) is 5.69 Å². The van der Waals surface area contributed by atoms with E-state index in [0.29, 0.717) is 24.9 Å². The van der Waals surface area contributed by atoms with Crippen LogP contribution >= 0.6 is 12.4 Å². The van der Waals surface area contributed by atoms with Gasteiger partial charge in [0.15, 0.2) is 0 Å². The molecule has 2 N–H and O–H groups in total. The van der Waals surface area contributed by atoms with Crippen molar-refractivity contribution in [2.24, 2.45) is 17.6 Å². The number of hydrogen-bond acceptors (Lipinski definition) is 3. The second-order valence-electron chi connectivity index (χ2n) is 5.81. The van der Waals surface area contributed by atoms with Crippen molar-refractivity contribution in [3.8, 4) is 0 Å². The highest BCUT2D eigenvalue weighted by Gasteiger charge is 2.42. The van der Waals surface area contributed by atoms with E-state index < -0.39 is 11.9 Å². The number of fused-ring (bicyclic) bond motifs is 1. The van der Waals surface area contributed by atoms with Gasteiger partial charge < -0.3 is 10.6 Å². The van der Waals surface area contributed by atoms with Crippen molar-refractivity contribution in [1.29, 1.82) is 0 Å². The van der Waals surface area contributed by atoms with Crippen LogP contribution in [0.25, 0.3) is 0 Å². The molecule has 1 saturated carbocycles. The van der Waals surface area contributed by atoms with Crippen molar-refractivity contribution in [2.45, 2.75) is 25.1 Å². The Labute approximate surface area is 132 Å². The summed E-state index contributed by atoms with van der Waals surface area (Å²) in [4.78, 5) is 17.3. The van der Waals surface area contributed by atoms with Crippen molar-refractivity contribution in [3.05, 3.63) is 29.6 Å². The van der Waals surface area contributed by atoms with Gasteiger partial charge in [-0.15, -0.1) is 12.4 Å². The van der Waals surface area contributed by atoms with Crippen molar-refractivity contribution in [3.63, 3.8) is 0 Å². The van der Waals surface area contributed by atoms with Gasteiger partial charge in [0.25, 0.3) is 5.91 Å². The van der Waals surface area contributed by atoms with Crippen molar-refractivity contribution in [1.82, 2.24) is 9.88 Å². The Balaban J connectivity index is 0.00000176. The molecule has 1 aliphatic heterocycles. The molecule has 1 amide bonds. The van der Waals surface area contributed by atoms with Gasteiger partial charge in [-0.05, 0) is 36.8 Å². The lowest BCUT2D eigenvalue weighted by Crippen LogP contribution is -2.33. The summed E-state index contributed by atoms with van der Waals surface area (Å²) in [7, 11) is 0. The van der Waals surface area contributed by atoms with Crippen LogP contribution in [0.5, 0.6) is 0 Å². The van der Waals surface area contributed by atoms with Gasteiger partial charge in [0.2, 0.25) is 0 Å². The molecule has 1 aliphatic carbocycles. The number of aromatic nitrogens is 1. The molecule has 122 valence electrons. The van der Waals surface area contributed by atoms with Crippen LogP contribution in [0.4, 0.5) is 13.2 Å². The molecular formula is C14H17ClF3N3O. The molecule has 1 aromatic heterocycles. The van der Waals surface area contributed by atoms with E-state index in [0.717, 1.165) is 25.1 Å². The fourth-order valence-corrected chi connectivity index (χ4v) is 3.34. The summed E-state index contributed by atoms with van der Waals surface area (Å²) < 4.78 is 37.3. The zero-order valence-corrected chi connectivity index (χ0v) is 12.5. The molecule has 22 heavy (non-hydrogen) atoms. The van der Waals surface area contributed by atoms with Gasteiger partial charge >= 0.3 is 6.18 Å². The smallest absolute Gasteiger partial charge is 0.338 e. The maximum Gasteiger partial charge on any atom is 0.433 e. The van der Waals surface area contributed by atoms with E-state index in [1.165, 1.54) is 6.07 Å². The quantitative estimate of drug-likeness (QED) is 0.857. The Morgan fingerprint density at radius 3 is 2.55 bits per heavy atom. The number of rotatable bonds is 1. The van der Waals surface area contributed by atoms with Gasteiger partial charge in [-0.2, -0.15) is 13.2 Å². The van der Waals surface area contributed by atoms with Crippen LogP contribution in [-0.2, 0) is 6.18 Å². The van der Waals surface area contributed by atoms with E-state index >= 15 is 0 Å². The number of carbonyl (C=O) groups excluding carboxylic acids is 1. The first-order chi connectivity index (χ1) is 9.86. The number of halogens is 4. The molecule has 2 aliphatic rings. The van der Waals surface area contributed by atoms with Crippen LogP contribution in [0, 0.1) is 11.8 Å². The van der Waals surface area contributed by atoms with E-state index in [2.05, 4.69) is 4.98 Å². The van der Waals surface area contributed by atoms with E-state index in [1.807, 2.05) is 0 Å². The molecule has 8 heteroatoms. The normalized spacial score (nSPS) is 27.5. The first-order valence-electron chi connectivity index (χ1n) is 6.94. The van der Waals surface area contributed by atoms with Crippen LogP contribution in [-0.4, -0.2) is 34.9 Å². The van der Waals surface area contributed by atoms with Gasteiger partial charge in [-0.3, -0.25) is 9.78 Å². The summed E-state index contributed by atoms with van der Waals surface area (Å²) in [6.07, 6.45) is -1.49. The highest BCUT2D eigenvalue weighted by Crippen LogP contribution is 2.37. The average Bonchev–Trinajstić information content (AvgIpc) is 3.00. The van der Waals surface area contributed by atoms with Gasteiger partial charge in [-0.25, -0.2) is 0 Å². The van der Waals surface area contributed by atoms with Gasteiger partial charge in [0.05, 0.1) is 5.56 Å². The van der Waals surface area contributed by atoms with Crippen molar-refractivity contribution < 1.29 is 18.0 Å². The third-order valence-corrected chi connectivity index (χ3v) is 4.50. The van der Waals surface area contributed by atoms with Crippen molar-refractivity contribution in [2.75, 3.05) is 13.1 Å². The highest BCUT2D eigenvalue weighted by atomic mass is 35.5. The fraction of sp³-hybridized carbons (Fsp3) is 0.571. The maximum atomic E-state index is 12.4. The molecule has 0 radical (unpaired) electrons. The fourth-order valence-electron chi connectivity index (χ4n) is 3.34. The number of pyridine rings is 1. The highest BCUT2D eigenvalue weighted by molar-refractivity contribution is 5.94. The zero-order chi connectivity index (χ0) is 15.2. The Morgan fingerprint density at radius 2 is 2.00 bits per heavy atom. The Hall–Kier alpha value is -1.34. The number of amides is 1. The molecule has 1 saturated heterocycles. The summed E-state index contributed by atoms with van der Waals surface area (Å²) >= 11 is 0. The van der Waals surface area contributed by atoms with Crippen molar-refractivity contribution >= 4 is 18.3 Å². The largest absolute Gasteiger partial charge is 0.433 e. The summed E-state index contributed by atoms with van der Waals surface area (Å²) in [5, 5.41) is 0. The first kappa shape index (κ1) is 17.0. The molecule has 4 nitrogen and oxygen atoms in total. The topological polar surface area (TPSA) is 59.2 Å². The first-order valence-corrected chi connectivity index (χ1v) is 6.94. The number of nitrogens with two attached hydrogens (primary N) is 1. The van der Waals surface area contributed by atoms with Crippen LogP contribution in [0.2, 0.25) is 0 Å². The molecule has 2 heterocycles. The Bertz CT molecular complexity index is 549. The van der Waals surface area contributed by atoms with E-state index in [9.17, 15) is 18.0 Å². The zero-order valence-electron chi connectivity index (χ0n) is 11.7. The predicted molar refractivity (Wildman–Crippen MR) is 76.6 cm³/mol. The van der Waals surface area contributed by atoms with Crippen LogP contribution in [0.3, 0.4) is 0 Å². The Kier molecular flexibility index (Phi) is 4.67. The predicted octanol–water partition coefficient (Wildman–Crippen LogP) is 2.33. The molecule has 0 bridgehead atoms. The maximum absolute atomic E-state index is 12.4. The van der Waals surface area contributed by atoms with Crippen LogP contribution in [0.1, 0.15) is 28.9 Å². The minimum atomic E-state index is -4.49. The minimum Gasteiger partial charge on any atom is -0.338 e. The monoisotopic (exact) mass is 335 g/mol. The second-order valence-corrected chi connectivity index (χ2v) is 5.81. The lowest BCUT2D eigenvalue weighted by Gasteiger charge is -2.18. The summed E-state index contributed by atoms with van der Waals surface area (Å²) in [5.41, 5.74) is 5.22. The second kappa shape index (κ2) is 6.04. The molecule has 0 spiro atoms. The van der Waals surface area contributed by atoms with Gasteiger partial charge in [-0.1, -0.05) is 0 Å². The number of likely N-dealkylation sites (tertiary alicyclic amines) is 1. The van der Waals surface area contributed by atoms with Gasteiger partial charge in [0, 0.05) is 25.3 Å². The van der Waals surface area contributed by atoms with Crippen LogP contribution in [0.15, 0.2) is 18.3 Å². The van der Waals surface area contributed by atoms with E-state index in [1.54, 1.807) is 4.90 Å². The summed E-state index contributed by atoms with van der Waals surface area (Å²) in [6, 6.07) is 2.15. The Morgan fingerprint density at radius 1 is 1.27 bits per heavy atom.